The van der Waals surface area contributed by atoms with Gasteiger partial charge in [0.1, 0.15) is 0 Å². The summed E-state index contributed by atoms with van der Waals surface area (Å²) in [4.78, 5) is 33.7. The third kappa shape index (κ3) is 3.90. The van der Waals surface area contributed by atoms with Gasteiger partial charge in [0.2, 0.25) is 0 Å². The van der Waals surface area contributed by atoms with E-state index in [4.69, 9.17) is 4.74 Å². The van der Waals surface area contributed by atoms with E-state index < -0.39 is 12.0 Å². The number of methoxy groups -OCH3 is 1. The van der Waals surface area contributed by atoms with E-state index in [9.17, 15) is 9.59 Å². The Morgan fingerprint density at radius 1 is 1.21 bits per heavy atom. The van der Waals surface area contributed by atoms with Crippen LogP contribution >= 0.6 is 11.3 Å². The van der Waals surface area contributed by atoms with Crippen LogP contribution in [0.4, 0.5) is 5.69 Å². The molecule has 4 rings (SSSR count). The number of allylic oxidation sites excluding steroid dienone is 1. The largest absolute Gasteiger partial charge is 0.466 e. The summed E-state index contributed by atoms with van der Waals surface area (Å²) in [7, 11) is 5.27. The average Bonchev–Trinajstić information content (AvgIpc) is 3.27. The lowest BCUT2D eigenvalue weighted by atomic mass is 9.95. The summed E-state index contributed by atoms with van der Waals surface area (Å²) in [5, 5.41) is 4.56. The number of anilines is 1. The first-order chi connectivity index (χ1) is 16.2. The Hall–Kier alpha value is -3.46. The molecule has 0 unspecified atom stereocenters. The normalized spacial score (nSPS) is 15.9. The van der Waals surface area contributed by atoms with E-state index in [1.165, 1.54) is 18.4 Å². The van der Waals surface area contributed by atoms with Crippen molar-refractivity contribution in [1.29, 1.82) is 0 Å². The lowest BCUT2D eigenvalue weighted by molar-refractivity contribution is -0.136. The Labute approximate surface area is 202 Å². The second-order valence-corrected chi connectivity index (χ2v) is 9.47. The van der Waals surface area contributed by atoms with Crippen molar-refractivity contribution in [3.8, 4) is 0 Å². The number of esters is 1. The second kappa shape index (κ2) is 9.06. The summed E-state index contributed by atoms with van der Waals surface area (Å²) in [6.07, 6.45) is 1.89. The minimum Gasteiger partial charge on any atom is -0.466 e. The fourth-order valence-corrected chi connectivity index (χ4v) is 5.35. The maximum absolute atomic E-state index is 13.7. The molecule has 3 aromatic rings. The summed E-state index contributed by atoms with van der Waals surface area (Å²) >= 11 is 1.32. The van der Waals surface area contributed by atoms with Gasteiger partial charge in [0.05, 0.1) is 34.6 Å². The van der Waals surface area contributed by atoms with E-state index in [2.05, 4.69) is 10.1 Å². The number of fused-ring (bicyclic) bond motifs is 1. The first kappa shape index (κ1) is 23.7. The number of hydrogen-bond acceptors (Lipinski definition) is 7. The predicted octanol–water partition coefficient (Wildman–Crippen LogP) is 2.31. The van der Waals surface area contributed by atoms with E-state index in [1.807, 2.05) is 74.8 Å². The maximum atomic E-state index is 13.7. The van der Waals surface area contributed by atoms with Crippen molar-refractivity contribution in [2.45, 2.75) is 40.3 Å². The summed E-state index contributed by atoms with van der Waals surface area (Å²) in [5.74, 6) is -0.492. The van der Waals surface area contributed by atoms with Gasteiger partial charge in [-0.25, -0.2) is 9.79 Å². The van der Waals surface area contributed by atoms with Crippen molar-refractivity contribution in [1.82, 2.24) is 14.3 Å². The molecular formula is C25H29N5O3S. The van der Waals surface area contributed by atoms with E-state index >= 15 is 0 Å². The molecule has 0 spiro atoms. The molecule has 2 aromatic heterocycles. The van der Waals surface area contributed by atoms with Gasteiger partial charge in [-0.3, -0.25) is 14.0 Å². The smallest absolute Gasteiger partial charge is 0.338 e. The minimum atomic E-state index is -0.623. The van der Waals surface area contributed by atoms with Crippen LogP contribution in [0, 0.1) is 13.8 Å². The molecule has 34 heavy (non-hydrogen) atoms. The Kier molecular flexibility index (Phi) is 6.31. The molecule has 0 radical (unpaired) electrons. The van der Waals surface area contributed by atoms with Gasteiger partial charge in [-0.1, -0.05) is 23.5 Å². The zero-order chi connectivity index (χ0) is 24.7. The molecular weight excluding hydrogens is 450 g/mol. The number of nitrogens with zero attached hydrogens (tertiary/aromatic N) is 5. The minimum absolute atomic E-state index is 0.192. The third-order valence-electron chi connectivity index (χ3n) is 6.16. The topological polar surface area (TPSA) is 81.7 Å². The molecule has 0 saturated carbocycles. The highest BCUT2D eigenvalue weighted by Gasteiger charge is 2.33. The van der Waals surface area contributed by atoms with E-state index in [1.54, 1.807) is 11.5 Å². The molecule has 0 saturated heterocycles. The summed E-state index contributed by atoms with van der Waals surface area (Å²) < 4.78 is 9.16. The first-order valence-corrected chi connectivity index (χ1v) is 11.9. The van der Waals surface area contributed by atoms with E-state index in [0.717, 1.165) is 34.7 Å². The molecule has 0 bridgehead atoms. The van der Waals surface area contributed by atoms with Gasteiger partial charge in [0, 0.05) is 37.6 Å². The quantitative estimate of drug-likeness (QED) is 0.525. The number of hydrogen-bond donors (Lipinski definition) is 0. The number of aryl methyl sites for hydroxylation is 2. The Bertz CT molecular complexity index is 1470. The molecule has 3 heterocycles. The van der Waals surface area contributed by atoms with Crippen molar-refractivity contribution < 1.29 is 9.53 Å². The van der Waals surface area contributed by atoms with Crippen molar-refractivity contribution in [3.05, 3.63) is 77.7 Å². The molecule has 0 fully saturated rings. The van der Waals surface area contributed by atoms with Crippen LogP contribution in [0.2, 0.25) is 0 Å². The van der Waals surface area contributed by atoms with Crippen molar-refractivity contribution in [2.75, 3.05) is 26.1 Å². The van der Waals surface area contributed by atoms with Crippen LogP contribution in [0.15, 0.2) is 45.3 Å². The fraction of sp³-hybridized carbons (Fsp3) is 0.360. The molecule has 1 atom stereocenters. The lowest BCUT2D eigenvalue weighted by Crippen LogP contribution is -2.39. The van der Waals surface area contributed by atoms with Gasteiger partial charge < -0.3 is 9.64 Å². The second-order valence-electron chi connectivity index (χ2n) is 8.46. The van der Waals surface area contributed by atoms with E-state index in [-0.39, 0.29) is 5.56 Å². The number of aromatic nitrogens is 3. The molecule has 178 valence electrons. The van der Waals surface area contributed by atoms with Gasteiger partial charge in [-0.2, -0.15) is 5.10 Å². The van der Waals surface area contributed by atoms with Crippen LogP contribution in [-0.2, 0) is 16.1 Å². The van der Waals surface area contributed by atoms with Crippen LogP contribution < -0.4 is 19.8 Å². The number of ether oxygens (including phenoxy) is 1. The Morgan fingerprint density at radius 2 is 1.88 bits per heavy atom. The van der Waals surface area contributed by atoms with Crippen molar-refractivity contribution >= 4 is 29.1 Å². The summed E-state index contributed by atoms with van der Waals surface area (Å²) in [6.45, 7) is 8.52. The average molecular weight is 480 g/mol. The van der Waals surface area contributed by atoms with Gasteiger partial charge in [-0.15, -0.1) is 0 Å². The third-order valence-corrected chi connectivity index (χ3v) is 7.15. The van der Waals surface area contributed by atoms with Crippen LogP contribution in [0.3, 0.4) is 0 Å². The first-order valence-electron chi connectivity index (χ1n) is 11.1. The van der Waals surface area contributed by atoms with Crippen molar-refractivity contribution in [2.24, 2.45) is 4.99 Å². The molecule has 0 aliphatic carbocycles. The number of benzene rings is 1. The Balaban J connectivity index is 1.96. The van der Waals surface area contributed by atoms with Gasteiger partial charge in [-0.05, 0) is 51.5 Å². The molecule has 0 N–H and O–H groups in total. The molecule has 1 aliphatic rings. The van der Waals surface area contributed by atoms with Gasteiger partial charge in [0.25, 0.3) is 5.56 Å². The highest BCUT2D eigenvalue weighted by molar-refractivity contribution is 7.07. The lowest BCUT2D eigenvalue weighted by Gasteiger charge is -2.25. The number of rotatable bonds is 5. The number of carbonyl (C=O) groups excluding carboxylic acids is 1. The van der Waals surface area contributed by atoms with Crippen LogP contribution in [-0.4, -0.2) is 41.5 Å². The molecule has 9 heteroatoms. The highest BCUT2D eigenvalue weighted by Crippen LogP contribution is 2.31. The fourth-order valence-electron chi connectivity index (χ4n) is 4.32. The summed E-state index contributed by atoms with van der Waals surface area (Å²) in [5.41, 5.74) is 5.37. The van der Waals surface area contributed by atoms with E-state index in [0.29, 0.717) is 20.6 Å². The van der Waals surface area contributed by atoms with Crippen LogP contribution in [0.1, 0.15) is 42.4 Å². The molecule has 1 aromatic carbocycles. The van der Waals surface area contributed by atoms with Crippen LogP contribution in [0.25, 0.3) is 6.08 Å². The molecule has 0 amide bonds. The zero-order valence-corrected chi connectivity index (χ0v) is 21.4. The van der Waals surface area contributed by atoms with Crippen LogP contribution in [0.5, 0.6) is 0 Å². The van der Waals surface area contributed by atoms with Gasteiger partial charge >= 0.3 is 5.97 Å². The number of carbonyl (C=O) groups is 1. The Morgan fingerprint density at radius 3 is 2.44 bits per heavy atom. The van der Waals surface area contributed by atoms with Gasteiger partial charge in [0.15, 0.2) is 4.80 Å². The molecule has 1 aliphatic heterocycles. The number of thiazole rings is 1. The SMILES string of the molecule is CCn1nc(C)c(/C=c2\sc3n(c2=O)[C@H](c2ccc(N(C)C)cc2)C(C(=O)OC)=C(C)N=3)c1C. The summed E-state index contributed by atoms with van der Waals surface area (Å²) in [6, 6.07) is 7.21. The van der Waals surface area contributed by atoms with Crippen molar-refractivity contribution in [3.63, 3.8) is 0 Å². The highest BCUT2D eigenvalue weighted by atomic mass is 32.1. The standard InChI is InChI=1S/C25H29N5O3S/c1-8-29-16(4)19(14(2)27-29)13-20-23(31)30-22(17-9-11-18(12-10-17)28(5)6)21(24(32)33-7)15(3)26-25(30)34-20/h9-13,22H,8H2,1-7H3/b20-13-/t22-/m1/s1. The maximum Gasteiger partial charge on any atom is 0.338 e. The predicted molar refractivity (Wildman–Crippen MR) is 134 cm³/mol. The monoisotopic (exact) mass is 479 g/mol. The zero-order valence-electron chi connectivity index (χ0n) is 20.5. The molecule has 8 nitrogen and oxygen atoms in total.